The Hall–Kier alpha value is -0.690. The van der Waals surface area contributed by atoms with Crippen LogP contribution in [-0.2, 0) is 0 Å². The van der Waals surface area contributed by atoms with E-state index in [1.807, 2.05) is 12.1 Å². The minimum atomic E-state index is 0.141. The zero-order valence-corrected chi connectivity index (χ0v) is 12.4. The predicted octanol–water partition coefficient (Wildman–Crippen LogP) is 5.73. The zero-order chi connectivity index (χ0) is 13.2. The van der Waals surface area contributed by atoms with Gasteiger partial charge in [-0.25, -0.2) is 0 Å². The summed E-state index contributed by atoms with van der Waals surface area (Å²) in [5.41, 5.74) is 1.20. The Morgan fingerprint density at radius 1 is 1.00 bits per heavy atom. The van der Waals surface area contributed by atoms with Crippen molar-refractivity contribution in [2.45, 2.75) is 57.2 Å². The second-order valence-corrected chi connectivity index (χ2v) is 5.32. The van der Waals surface area contributed by atoms with E-state index in [2.05, 4.69) is 19.1 Å². The topological polar surface area (TPSA) is 9.23 Å². The van der Waals surface area contributed by atoms with Crippen LogP contribution in [0.15, 0.2) is 24.3 Å². The summed E-state index contributed by atoms with van der Waals surface area (Å²) in [5.74, 6) is 0.891. The highest BCUT2D eigenvalue weighted by atomic mass is 35.5. The molecule has 0 bridgehead atoms. The second kappa shape index (κ2) is 9.27. The maximum absolute atomic E-state index is 6.40. The number of halogens is 1. The van der Waals surface area contributed by atoms with E-state index in [0.29, 0.717) is 0 Å². The van der Waals surface area contributed by atoms with Gasteiger partial charge in [0.05, 0.1) is 12.5 Å². The average Bonchev–Trinajstić information content (AvgIpc) is 2.42. The largest absolute Gasteiger partial charge is 0.497 e. The molecule has 0 aliphatic carbocycles. The second-order valence-electron chi connectivity index (χ2n) is 4.80. The van der Waals surface area contributed by atoms with E-state index >= 15 is 0 Å². The fourth-order valence-corrected chi connectivity index (χ4v) is 2.38. The maximum Gasteiger partial charge on any atom is 0.118 e. The minimum absolute atomic E-state index is 0.141. The van der Waals surface area contributed by atoms with Gasteiger partial charge in [-0.05, 0) is 24.1 Å². The molecule has 0 radical (unpaired) electrons. The summed E-state index contributed by atoms with van der Waals surface area (Å²) in [6, 6.07) is 8.08. The minimum Gasteiger partial charge on any atom is -0.497 e. The first-order valence-corrected chi connectivity index (χ1v) is 7.49. The van der Waals surface area contributed by atoms with E-state index < -0.39 is 0 Å². The van der Waals surface area contributed by atoms with Gasteiger partial charge in [0.15, 0.2) is 0 Å². The fraction of sp³-hybridized carbons (Fsp3) is 0.625. The lowest BCUT2D eigenvalue weighted by Gasteiger charge is -2.10. The van der Waals surface area contributed by atoms with Crippen LogP contribution in [0.1, 0.15) is 62.8 Å². The Labute approximate surface area is 116 Å². The van der Waals surface area contributed by atoms with Crippen molar-refractivity contribution in [2.75, 3.05) is 7.11 Å². The van der Waals surface area contributed by atoms with Crippen molar-refractivity contribution in [1.82, 2.24) is 0 Å². The molecule has 102 valence electrons. The Kier molecular flexibility index (Phi) is 7.91. The number of ether oxygens (including phenoxy) is 1. The molecule has 1 aromatic carbocycles. The first-order chi connectivity index (χ1) is 8.77. The lowest BCUT2D eigenvalue weighted by atomic mass is 10.0. The molecule has 0 spiro atoms. The number of benzene rings is 1. The van der Waals surface area contributed by atoms with Crippen molar-refractivity contribution in [1.29, 1.82) is 0 Å². The van der Waals surface area contributed by atoms with Gasteiger partial charge in [0.2, 0.25) is 0 Å². The molecule has 0 aliphatic rings. The SMILES string of the molecule is CCCCCCCCC(Cl)c1ccc(OC)cc1. The highest BCUT2D eigenvalue weighted by molar-refractivity contribution is 6.20. The molecule has 1 atom stereocenters. The summed E-state index contributed by atoms with van der Waals surface area (Å²) in [6.07, 6.45) is 8.99. The Balaban J connectivity index is 2.21. The Bertz CT molecular complexity index is 307. The molecule has 0 aliphatic heterocycles. The van der Waals surface area contributed by atoms with Gasteiger partial charge < -0.3 is 4.74 Å². The van der Waals surface area contributed by atoms with Crippen molar-refractivity contribution in [2.24, 2.45) is 0 Å². The van der Waals surface area contributed by atoms with E-state index in [1.165, 1.54) is 44.1 Å². The molecule has 0 fully saturated rings. The summed E-state index contributed by atoms with van der Waals surface area (Å²) in [6.45, 7) is 2.25. The molecular formula is C16H25ClO. The van der Waals surface area contributed by atoms with Crippen molar-refractivity contribution in [3.8, 4) is 5.75 Å². The van der Waals surface area contributed by atoms with Crippen LogP contribution >= 0.6 is 11.6 Å². The highest BCUT2D eigenvalue weighted by Gasteiger charge is 2.07. The summed E-state index contributed by atoms with van der Waals surface area (Å²) >= 11 is 6.40. The summed E-state index contributed by atoms with van der Waals surface area (Å²) < 4.78 is 5.14. The van der Waals surface area contributed by atoms with Crippen molar-refractivity contribution < 1.29 is 4.74 Å². The van der Waals surface area contributed by atoms with Gasteiger partial charge in [-0.2, -0.15) is 0 Å². The highest BCUT2D eigenvalue weighted by Crippen LogP contribution is 2.28. The lowest BCUT2D eigenvalue weighted by Crippen LogP contribution is -1.91. The fourth-order valence-electron chi connectivity index (χ4n) is 2.08. The number of unbranched alkanes of at least 4 members (excludes halogenated alkanes) is 5. The maximum atomic E-state index is 6.40. The molecule has 0 aromatic heterocycles. The van der Waals surface area contributed by atoms with Crippen molar-refractivity contribution >= 4 is 11.6 Å². The molecular weight excluding hydrogens is 244 g/mol. The van der Waals surface area contributed by atoms with Crippen LogP contribution in [0.5, 0.6) is 5.75 Å². The van der Waals surface area contributed by atoms with Crippen LogP contribution in [-0.4, -0.2) is 7.11 Å². The van der Waals surface area contributed by atoms with E-state index in [1.54, 1.807) is 7.11 Å². The first kappa shape index (κ1) is 15.4. The molecule has 1 rings (SSSR count). The average molecular weight is 269 g/mol. The van der Waals surface area contributed by atoms with E-state index in [9.17, 15) is 0 Å². The lowest BCUT2D eigenvalue weighted by molar-refractivity contribution is 0.414. The molecule has 1 unspecified atom stereocenters. The molecule has 18 heavy (non-hydrogen) atoms. The Morgan fingerprint density at radius 3 is 2.22 bits per heavy atom. The molecule has 0 N–H and O–H groups in total. The summed E-state index contributed by atoms with van der Waals surface area (Å²) in [4.78, 5) is 0. The third-order valence-corrected chi connectivity index (χ3v) is 3.76. The molecule has 0 heterocycles. The first-order valence-electron chi connectivity index (χ1n) is 7.06. The van der Waals surface area contributed by atoms with Gasteiger partial charge >= 0.3 is 0 Å². The van der Waals surface area contributed by atoms with Gasteiger partial charge in [0.25, 0.3) is 0 Å². The molecule has 0 amide bonds. The van der Waals surface area contributed by atoms with Gasteiger partial charge in [-0.3, -0.25) is 0 Å². The van der Waals surface area contributed by atoms with Gasteiger partial charge in [0.1, 0.15) is 5.75 Å². The number of hydrogen-bond donors (Lipinski definition) is 0. The van der Waals surface area contributed by atoms with Crippen LogP contribution in [0.4, 0.5) is 0 Å². The zero-order valence-electron chi connectivity index (χ0n) is 11.6. The van der Waals surface area contributed by atoms with Gasteiger partial charge in [-0.15, -0.1) is 11.6 Å². The molecule has 0 saturated heterocycles. The number of methoxy groups -OCH3 is 1. The monoisotopic (exact) mass is 268 g/mol. The smallest absolute Gasteiger partial charge is 0.118 e. The van der Waals surface area contributed by atoms with Gasteiger partial charge in [-0.1, -0.05) is 57.6 Å². The predicted molar refractivity (Wildman–Crippen MR) is 79.6 cm³/mol. The van der Waals surface area contributed by atoms with Gasteiger partial charge in [0, 0.05) is 0 Å². The third kappa shape index (κ3) is 5.77. The molecule has 1 aromatic rings. The third-order valence-electron chi connectivity index (χ3n) is 3.29. The number of rotatable bonds is 9. The van der Waals surface area contributed by atoms with Crippen LogP contribution in [0, 0.1) is 0 Å². The summed E-state index contributed by atoms with van der Waals surface area (Å²) in [7, 11) is 1.68. The number of alkyl halides is 1. The number of hydrogen-bond acceptors (Lipinski definition) is 1. The van der Waals surface area contributed by atoms with Crippen molar-refractivity contribution in [3.05, 3.63) is 29.8 Å². The van der Waals surface area contributed by atoms with E-state index in [4.69, 9.17) is 16.3 Å². The normalized spacial score (nSPS) is 12.4. The van der Waals surface area contributed by atoms with Crippen molar-refractivity contribution in [3.63, 3.8) is 0 Å². The molecule has 2 heteroatoms. The van der Waals surface area contributed by atoms with Crippen LogP contribution in [0.2, 0.25) is 0 Å². The standard InChI is InChI=1S/C16H25ClO/c1-3-4-5-6-7-8-9-16(17)14-10-12-15(18-2)13-11-14/h10-13,16H,3-9H2,1-2H3. The van der Waals surface area contributed by atoms with Crippen LogP contribution in [0.3, 0.4) is 0 Å². The Morgan fingerprint density at radius 2 is 1.61 bits per heavy atom. The van der Waals surface area contributed by atoms with Crippen LogP contribution in [0.25, 0.3) is 0 Å². The van der Waals surface area contributed by atoms with E-state index in [0.717, 1.165) is 12.2 Å². The summed E-state index contributed by atoms with van der Waals surface area (Å²) in [5, 5.41) is 0.141. The van der Waals surface area contributed by atoms with Crippen LogP contribution < -0.4 is 4.74 Å². The molecule has 1 nitrogen and oxygen atoms in total. The quantitative estimate of drug-likeness (QED) is 0.411. The van der Waals surface area contributed by atoms with E-state index in [-0.39, 0.29) is 5.38 Å². The molecule has 0 saturated carbocycles.